The minimum atomic E-state index is 0. The van der Waals surface area contributed by atoms with Crippen LogP contribution in [-0.4, -0.2) is 3.26 Å². The zero-order chi connectivity index (χ0) is 25.8. The van der Waals surface area contributed by atoms with Gasteiger partial charge in [-0.15, -0.1) is 16.7 Å². The van der Waals surface area contributed by atoms with E-state index in [4.69, 9.17) is 0 Å². The second-order valence-corrected chi connectivity index (χ2v) is 14.9. The van der Waals surface area contributed by atoms with Gasteiger partial charge >= 0.3 is 59.3 Å². The predicted octanol–water partition coefficient (Wildman–Crippen LogP) is 3.35. The van der Waals surface area contributed by atoms with Crippen molar-refractivity contribution < 1.29 is 48.7 Å². The number of aryl methyl sites for hydroxylation is 2. The van der Waals surface area contributed by atoms with Gasteiger partial charge in [-0.1, -0.05) is 71.6 Å². The molecule has 0 N–H and O–H groups in total. The van der Waals surface area contributed by atoms with Crippen molar-refractivity contribution >= 4 is 3.26 Å². The third kappa shape index (κ3) is 9.36. The molecule has 2 aliphatic carbocycles. The van der Waals surface area contributed by atoms with Crippen molar-refractivity contribution in [1.29, 1.82) is 0 Å². The average molecular weight is 702 g/mol. The van der Waals surface area contributed by atoms with Crippen LogP contribution in [0.5, 0.6) is 0 Å². The molecule has 5 rings (SSSR count). The SMILES string of the molecule is Cc1[c-]c2c(cc1C(C)(C)C)-c1cc(C(C)(C)C)c(C)cc1C2.[Cl-].[Cl-].[Hf+2]=[C]1CCCCC1.c1cc[cH-]c1. The largest absolute Gasteiger partial charge is 0.214 e. The fraction of sp³-hybridized carbons (Fsp3) is 0.471. The number of benzene rings is 2. The first-order valence-electron chi connectivity index (χ1n) is 13.3. The van der Waals surface area contributed by atoms with Crippen LogP contribution in [0.3, 0.4) is 0 Å². The van der Waals surface area contributed by atoms with Crippen LogP contribution in [-0.2, 0) is 41.1 Å². The Hall–Kier alpha value is -0.890. The molecule has 2 aliphatic rings. The first-order chi connectivity index (χ1) is 16.4. The van der Waals surface area contributed by atoms with Crippen molar-refractivity contribution in [3.63, 3.8) is 0 Å². The summed E-state index contributed by atoms with van der Waals surface area (Å²) >= 11 is 1.37. The Kier molecular flexibility index (Phi) is 13.4. The molecule has 1 fully saturated rings. The van der Waals surface area contributed by atoms with E-state index in [2.05, 4.69) is 79.7 Å². The summed E-state index contributed by atoms with van der Waals surface area (Å²) in [7, 11) is 0. The molecule has 1 saturated carbocycles. The molecular formula is C34H44Cl2Hf-2. The molecule has 37 heavy (non-hydrogen) atoms. The van der Waals surface area contributed by atoms with E-state index in [1.54, 1.807) is 0 Å². The van der Waals surface area contributed by atoms with Crippen LogP contribution < -0.4 is 24.8 Å². The van der Waals surface area contributed by atoms with Gasteiger partial charge in [0.1, 0.15) is 0 Å². The quantitative estimate of drug-likeness (QED) is 0.195. The van der Waals surface area contributed by atoms with Crippen molar-refractivity contribution in [2.75, 3.05) is 0 Å². The molecule has 0 nitrogen and oxygen atoms in total. The van der Waals surface area contributed by atoms with Crippen molar-refractivity contribution in [1.82, 2.24) is 0 Å². The van der Waals surface area contributed by atoms with Gasteiger partial charge in [-0.2, -0.15) is 35.9 Å². The fourth-order valence-corrected chi connectivity index (χ4v) is 6.59. The van der Waals surface area contributed by atoms with Gasteiger partial charge in [-0.3, -0.25) is 0 Å². The average Bonchev–Trinajstić information content (AvgIpc) is 3.43. The van der Waals surface area contributed by atoms with Gasteiger partial charge < -0.3 is 24.8 Å². The second-order valence-electron chi connectivity index (χ2n) is 12.3. The maximum Gasteiger partial charge on any atom is -0.172 e. The van der Waals surface area contributed by atoms with Gasteiger partial charge in [0.15, 0.2) is 0 Å². The van der Waals surface area contributed by atoms with Gasteiger partial charge in [-0.25, -0.2) is 12.1 Å². The second kappa shape index (κ2) is 14.5. The van der Waals surface area contributed by atoms with Crippen molar-refractivity contribution in [2.45, 2.75) is 105 Å². The van der Waals surface area contributed by atoms with E-state index in [0.717, 1.165) is 6.42 Å². The van der Waals surface area contributed by atoms with Crippen LogP contribution >= 0.6 is 0 Å². The summed E-state index contributed by atoms with van der Waals surface area (Å²) in [6.07, 6.45) is 8.42. The Morgan fingerprint density at radius 1 is 0.757 bits per heavy atom. The third-order valence-electron chi connectivity index (χ3n) is 7.09. The molecule has 0 aliphatic heterocycles. The molecular weight excluding hydrogens is 658 g/mol. The summed E-state index contributed by atoms with van der Waals surface area (Å²) in [5.74, 6) is 0. The molecule has 0 atom stereocenters. The van der Waals surface area contributed by atoms with Crippen molar-refractivity contribution in [3.8, 4) is 11.1 Å². The standard InChI is InChI=1S/C23H29.C6H10.C5H5.2ClH.Hf/c1-14-9-16-11-17-10-15(2)21(23(6,7)8)13-19(17)18(16)12-20(14)22(3,4)5;1-2-4-6-5-3-1;1-2-4-5-3-1;;;/h9,12-13H,11H2,1-8H3;1-5H2;1-5H;2*1H;/q-1;;-1;;;+2/p-2. The number of rotatable bonds is 0. The van der Waals surface area contributed by atoms with Crippen LogP contribution in [0.25, 0.3) is 11.1 Å². The monoisotopic (exact) mass is 702 g/mol. The van der Waals surface area contributed by atoms with E-state index < -0.39 is 0 Å². The summed E-state index contributed by atoms with van der Waals surface area (Å²) in [6.45, 7) is 18.2. The molecule has 0 amide bonds. The molecule has 0 bridgehead atoms. The molecule has 200 valence electrons. The minimum Gasteiger partial charge on any atom is -0.214 e. The Labute approximate surface area is 254 Å². The van der Waals surface area contributed by atoms with Gasteiger partial charge in [-0.05, 0) is 35.4 Å². The first-order valence-corrected chi connectivity index (χ1v) is 15.1. The maximum atomic E-state index is 3.69. The Balaban J connectivity index is 0.000000402. The van der Waals surface area contributed by atoms with Crippen LogP contribution in [0.1, 0.15) is 107 Å². The first kappa shape index (κ1) is 34.1. The Morgan fingerprint density at radius 3 is 1.73 bits per heavy atom. The summed E-state index contributed by atoms with van der Waals surface area (Å²) in [5.41, 5.74) is 11.6. The van der Waals surface area contributed by atoms with Gasteiger partial charge in [0.2, 0.25) is 0 Å². The zero-order valence-electron chi connectivity index (χ0n) is 24.1. The maximum absolute atomic E-state index is 3.69. The molecule has 3 heteroatoms. The number of hydrogen-bond donors (Lipinski definition) is 0. The fourth-order valence-electron chi connectivity index (χ4n) is 5.32. The Morgan fingerprint density at radius 2 is 1.30 bits per heavy atom. The van der Waals surface area contributed by atoms with Crippen molar-refractivity contribution in [2.24, 2.45) is 0 Å². The van der Waals surface area contributed by atoms with E-state index in [-0.39, 0.29) is 35.6 Å². The van der Waals surface area contributed by atoms with Gasteiger partial charge in [0, 0.05) is 0 Å². The molecule has 0 radical (unpaired) electrons. The molecule has 0 spiro atoms. The topological polar surface area (TPSA) is 0 Å². The number of hydrogen-bond acceptors (Lipinski definition) is 0. The Bertz CT molecular complexity index is 1050. The molecule has 0 aromatic heterocycles. The van der Waals surface area contributed by atoms with Crippen LogP contribution in [0.15, 0.2) is 48.5 Å². The van der Waals surface area contributed by atoms with E-state index in [9.17, 15) is 0 Å². The van der Waals surface area contributed by atoms with Crippen LogP contribution in [0.2, 0.25) is 0 Å². The molecule has 3 aromatic carbocycles. The molecule has 3 aromatic rings. The summed E-state index contributed by atoms with van der Waals surface area (Å²) < 4.78 is 1.85. The summed E-state index contributed by atoms with van der Waals surface area (Å²) in [5, 5.41) is 0. The van der Waals surface area contributed by atoms with E-state index >= 15 is 0 Å². The summed E-state index contributed by atoms with van der Waals surface area (Å²) in [4.78, 5) is 0. The minimum absolute atomic E-state index is 0. The molecule has 0 heterocycles. The third-order valence-corrected chi connectivity index (χ3v) is 8.89. The smallest absolute Gasteiger partial charge is 0.172 e. The molecule has 0 saturated heterocycles. The van der Waals surface area contributed by atoms with E-state index in [1.165, 1.54) is 101 Å². The predicted molar refractivity (Wildman–Crippen MR) is 151 cm³/mol. The van der Waals surface area contributed by atoms with Crippen molar-refractivity contribution in [3.05, 3.63) is 88.0 Å². The number of halogens is 2. The van der Waals surface area contributed by atoms with E-state index in [0.29, 0.717) is 0 Å². The zero-order valence-corrected chi connectivity index (χ0v) is 29.2. The van der Waals surface area contributed by atoms with Crippen LogP contribution in [0.4, 0.5) is 0 Å². The normalized spacial score (nSPS) is 14.1. The van der Waals surface area contributed by atoms with Crippen LogP contribution in [0, 0.1) is 19.9 Å². The summed E-state index contributed by atoms with van der Waals surface area (Å²) in [6, 6.07) is 20.9. The molecule has 0 unspecified atom stereocenters. The van der Waals surface area contributed by atoms with Gasteiger partial charge in [0.05, 0.1) is 0 Å². The number of fused-ring (bicyclic) bond motifs is 3. The van der Waals surface area contributed by atoms with Gasteiger partial charge in [0.25, 0.3) is 0 Å². The van der Waals surface area contributed by atoms with E-state index in [1.807, 2.05) is 33.6 Å².